The molecule has 4 aromatic rings. The van der Waals surface area contributed by atoms with Gasteiger partial charge in [-0.15, -0.1) is 0 Å². The third-order valence-corrected chi connectivity index (χ3v) is 5.75. The summed E-state index contributed by atoms with van der Waals surface area (Å²) >= 11 is 0. The van der Waals surface area contributed by atoms with Crippen molar-refractivity contribution in [3.8, 4) is 5.88 Å². The van der Waals surface area contributed by atoms with Gasteiger partial charge in [-0.1, -0.05) is 24.3 Å². The Labute approximate surface area is 180 Å². The van der Waals surface area contributed by atoms with Crippen molar-refractivity contribution in [2.75, 3.05) is 5.32 Å². The van der Waals surface area contributed by atoms with Crippen LogP contribution >= 0.6 is 0 Å². The summed E-state index contributed by atoms with van der Waals surface area (Å²) < 4.78 is 1.54. The van der Waals surface area contributed by atoms with Crippen LogP contribution in [0, 0.1) is 0 Å². The molecule has 0 aliphatic heterocycles. The first-order chi connectivity index (χ1) is 15.5. The van der Waals surface area contributed by atoms with Crippen molar-refractivity contribution in [1.29, 1.82) is 0 Å². The minimum absolute atomic E-state index is 0.209. The number of anilines is 1. The van der Waals surface area contributed by atoms with Gasteiger partial charge in [-0.25, -0.2) is 9.79 Å². The summed E-state index contributed by atoms with van der Waals surface area (Å²) in [4.78, 5) is 30.1. The topological polar surface area (TPSA) is 157 Å². The molecule has 0 amide bonds. The van der Waals surface area contributed by atoms with Gasteiger partial charge in [0.05, 0.1) is 24.4 Å². The Morgan fingerprint density at radius 2 is 2.06 bits per heavy atom. The summed E-state index contributed by atoms with van der Waals surface area (Å²) in [6, 6.07) is 7.76. The zero-order valence-corrected chi connectivity index (χ0v) is 16.9. The van der Waals surface area contributed by atoms with Crippen LogP contribution in [0.15, 0.2) is 40.2 Å². The molecule has 2 atom stereocenters. The van der Waals surface area contributed by atoms with E-state index in [1.54, 1.807) is 12.3 Å². The SMILES string of the molecule is O=c1[nH]c(O)c(/C=c2/cnn3c(=NC4CC4)nc(N[C@@H]4c5ccccc5C[C@@H]4O)nc23)[nH]1. The molecule has 5 N–H and O–H groups in total. The summed E-state index contributed by atoms with van der Waals surface area (Å²) in [5.41, 5.74) is 2.68. The van der Waals surface area contributed by atoms with Crippen LogP contribution < -0.4 is 21.8 Å². The fraction of sp³-hybridized carbons (Fsp3) is 0.286. The molecule has 1 aromatic carbocycles. The molecule has 0 saturated heterocycles. The average Bonchev–Trinajstić information content (AvgIpc) is 3.29. The molecule has 11 heteroatoms. The molecule has 3 heterocycles. The Balaban J connectivity index is 1.49. The van der Waals surface area contributed by atoms with Crippen LogP contribution in [-0.2, 0) is 6.42 Å². The number of nitrogens with one attached hydrogen (secondary N) is 3. The average molecular weight is 432 g/mol. The molecule has 0 spiro atoms. The van der Waals surface area contributed by atoms with Gasteiger partial charge in [0.1, 0.15) is 5.69 Å². The number of aromatic hydroxyl groups is 1. The Bertz CT molecular complexity index is 1510. The zero-order chi connectivity index (χ0) is 21.8. The number of fused-ring (bicyclic) bond motifs is 2. The van der Waals surface area contributed by atoms with Crippen LogP contribution in [-0.4, -0.2) is 51.9 Å². The predicted octanol–water partition coefficient (Wildman–Crippen LogP) is -0.473. The predicted molar refractivity (Wildman–Crippen MR) is 114 cm³/mol. The third kappa shape index (κ3) is 3.23. The van der Waals surface area contributed by atoms with Crippen LogP contribution in [0.1, 0.15) is 35.7 Å². The molecule has 2 aliphatic carbocycles. The second-order valence-corrected chi connectivity index (χ2v) is 8.12. The first-order valence-electron chi connectivity index (χ1n) is 10.4. The Morgan fingerprint density at radius 1 is 1.22 bits per heavy atom. The molecule has 0 radical (unpaired) electrons. The summed E-state index contributed by atoms with van der Waals surface area (Å²) in [5, 5.41) is 28.7. The van der Waals surface area contributed by atoms with Gasteiger partial charge in [-0.05, 0) is 30.0 Å². The maximum Gasteiger partial charge on any atom is 0.326 e. The zero-order valence-electron chi connectivity index (χ0n) is 16.9. The highest BCUT2D eigenvalue weighted by atomic mass is 16.3. The van der Waals surface area contributed by atoms with E-state index in [1.165, 1.54) is 4.52 Å². The summed E-state index contributed by atoms with van der Waals surface area (Å²) in [5.74, 6) is 0.0509. The number of benzene rings is 1. The quantitative estimate of drug-likeness (QED) is 0.292. The van der Waals surface area contributed by atoms with Crippen molar-refractivity contribution in [3.63, 3.8) is 0 Å². The molecule has 2 aliphatic rings. The van der Waals surface area contributed by atoms with Gasteiger partial charge in [-0.3, -0.25) is 4.98 Å². The van der Waals surface area contributed by atoms with Gasteiger partial charge in [0.2, 0.25) is 11.8 Å². The number of hydrogen-bond acceptors (Lipinski definition) is 8. The minimum Gasteiger partial charge on any atom is -0.493 e. The number of H-pyrrole nitrogens is 2. The number of rotatable bonds is 4. The summed E-state index contributed by atoms with van der Waals surface area (Å²) in [6.45, 7) is 0. The lowest BCUT2D eigenvalue weighted by Gasteiger charge is -2.17. The van der Waals surface area contributed by atoms with Crippen molar-refractivity contribution >= 4 is 17.7 Å². The van der Waals surface area contributed by atoms with E-state index in [1.807, 2.05) is 24.3 Å². The van der Waals surface area contributed by atoms with E-state index < -0.39 is 11.8 Å². The van der Waals surface area contributed by atoms with Gasteiger partial charge in [-0.2, -0.15) is 19.6 Å². The van der Waals surface area contributed by atoms with Gasteiger partial charge >= 0.3 is 5.69 Å². The third-order valence-electron chi connectivity index (χ3n) is 5.75. The second-order valence-electron chi connectivity index (χ2n) is 8.12. The van der Waals surface area contributed by atoms with E-state index in [9.17, 15) is 15.0 Å². The fourth-order valence-corrected chi connectivity index (χ4v) is 4.03. The number of aliphatic hydroxyl groups is 1. The highest BCUT2D eigenvalue weighted by Crippen LogP contribution is 2.33. The van der Waals surface area contributed by atoms with E-state index >= 15 is 0 Å². The summed E-state index contributed by atoms with van der Waals surface area (Å²) in [7, 11) is 0. The van der Waals surface area contributed by atoms with Gasteiger partial charge in [0.15, 0.2) is 5.65 Å². The van der Waals surface area contributed by atoms with Crippen molar-refractivity contribution in [1.82, 2.24) is 29.5 Å². The molecule has 0 bridgehead atoms. The maximum absolute atomic E-state index is 11.5. The maximum atomic E-state index is 11.5. The van der Waals surface area contributed by atoms with Crippen LogP contribution in [0.4, 0.5) is 5.95 Å². The van der Waals surface area contributed by atoms with E-state index in [4.69, 9.17) is 0 Å². The van der Waals surface area contributed by atoms with E-state index in [0.29, 0.717) is 28.9 Å². The van der Waals surface area contributed by atoms with Crippen LogP contribution in [0.3, 0.4) is 0 Å². The number of nitrogens with zero attached hydrogens (tertiary/aromatic N) is 5. The molecule has 1 fully saturated rings. The normalized spacial score (nSPS) is 21.4. The monoisotopic (exact) mass is 432 g/mol. The molecule has 11 nitrogen and oxygen atoms in total. The molecule has 0 unspecified atom stereocenters. The van der Waals surface area contributed by atoms with Crippen LogP contribution in [0.25, 0.3) is 11.7 Å². The molecule has 6 rings (SSSR count). The van der Waals surface area contributed by atoms with Crippen molar-refractivity contribution < 1.29 is 10.2 Å². The number of aromatic nitrogens is 6. The first kappa shape index (κ1) is 18.8. The van der Waals surface area contributed by atoms with Crippen LogP contribution in [0.5, 0.6) is 5.88 Å². The van der Waals surface area contributed by atoms with E-state index in [0.717, 1.165) is 24.0 Å². The molecular weight excluding hydrogens is 412 g/mol. The lowest BCUT2D eigenvalue weighted by Crippen LogP contribution is -2.28. The number of hydrogen-bond donors (Lipinski definition) is 5. The Hall–Kier alpha value is -3.99. The van der Waals surface area contributed by atoms with E-state index in [-0.39, 0.29) is 23.7 Å². The van der Waals surface area contributed by atoms with Gasteiger partial charge < -0.3 is 20.5 Å². The Morgan fingerprint density at radius 3 is 2.84 bits per heavy atom. The highest BCUT2D eigenvalue weighted by molar-refractivity contribution is 5.57. The molecule has 1 saturated carbocycles. The van der Waals surface area contributed by atoms with E-state index in [2.05, 4.69) is 35.3 Å². The van der Waals surface area contributed by atoms with Crippen molar-refractivity contribution in [2.24, 2.45) is 4.99 Å². The van der Waals surface area contributed by atoms with Crippen molar-refractivity contribution in [3.05, 3.63) is 68.6 Å². The van der Waals surface area contributed by atoms with Crippen molar-refractivity contribution in [2.45, 2.75) is 37.5 Å². The largest absolute Gasteiger partial charge is 0.493 e. The minimum atomic E-state index is -0.603. The summed E-state index contributed by atoms with van der Waals surface area (Å²) in [6.07, 6.45) is 5.11. The molecular formula is C21H20N8O3. The molecule has 3 aromatic heterocycles. The van der Waals surface area contributed by atoms with Gasteiger partial charge in [0.25, 0.3) is 5.62 Å². The number of aliphatic hydroxyl groups excluding tert-OH is 1. The van der Waals surface area contributed by atoms with Gasteiger partial charge in [0, 0.05) is 11.6 Å². The lowest BCUT2D eigenvalue weighted by atomic mass is 10.1. The Kier molecular flexibility index (Phi) is 4.12. The standard InChI is InChI=1S/C21H20N8O3/c30-15-8-10-3-1-2-4-13(10)16(15)25-19-26-17-11(7-14-18(31)27-21(32)24-14)9-22-29(17)20(28-19)23-12-5-6-12/h1-4,7,9,12,15-16,30-31H,5-6,8H2,(H,23,25,28)(H2,24,27,32)/b11-7-/t15-,16+/m0/s1. The smallest absolute Gasteiger partial charge is 0.326 e. The first-order valence-corrected chi connectivity index (χ1v) is 10.4. The highest BCUT2D eigenvalue weighted by Gasteiger charge is 2.31. The number of imidazole rings is 1. The molecule has 32 heavy (non-hydrogen) atoms. The fourth-order valence-electron chi connectivity index (χ4n) is 4.03. The number of aromatic amines is 2. The van der Waals surface area contributed by atoms with Crippen LogP contribution in [0.2, 0.25) is 0 Å². The second kappa shape index (κ2) is 7.02. The molecule has 162 valence electrons. The lowest BCUT2D eigenvalue weighted by molar-refractivity contribution is 0.165.